The molecule has 13 heavy (non-hydrogen) atoms. The highest BCUT2D eigenvalue weighted by Gasteiger charge is 2.52. The van der Waals surface area contributed by atoms with E-state index in [4.69, 9.17) is 0 Å². The molecule has 0 heterocycles. The molecular formula is C11H10F2. The molecule has 0 aromatic heterocycles. The van der Waals surface area contributed by atoms with Gasteiger partial charge >= 0.3 is 0 Å². The summed E-state index contributed by atoms with van der Waals surface area (Å²) in [6, 6.07) is 2.50. The van der Waals surface area contributed by atoms with Crippen molar-refractivity contribution in [2.45, 2.75) is 25.2 Å². The van der Waals surface area contributed by atoms with E-state index in [2.05, 4.69) is 0 Å². The summed E-state index contributed by atoms with van der Waals surface area (Å²) in [5.41, 5.74) is 1.30. The minimum Gasteiger partial charge on any atom is -0.207 e. The van der Waals surface area contributed by atoms with E-state index < -0.39 is 0 Å². The monoisotopic (exact) mass is 180 g/mol. The third-order valence-corrected chi connectivity index (χ3v) is 3.49. The molecule has 1 saturated carbocycles. The van der Waals surface area contributed by atoms with E-state index in [0.717, 1.165) is 6.42 Å². The van der Waals surface area contributed by atoms with E-state index in [1.165, 1.54) is 12.1 Å². The summed E-state index contributed by atoms with van der Waals surface area (Å²) in [4.78, 5) is 0. The average molecular weight is 180 g/mol. The standard InChI is InChI=1S/C11H10F2/c1-5-6-4-7(6)11-9(13)3-2-8(12)10(5)11/h2-3,5-7H,4H2,1H3/t5-,6?,7+/m0/s1. The molecule has 1 unspecified atom stereocenters. The van der Waals surface area contributed by atoms with Crippen molar-refractivity contribution in [2.75, 3.05) is 0 Å². The number of hydrogen-bond acceptors (Lipinski definition) is 0. The van der Waals surface area contributed by atoms with Crippen LogP contribution in [0, 0.1) is 17.6 Å². The second-order valence-corrected chi connectivity index (χ2v) is 4.15. The van der Waals surface area contributed by atoms with Gasteiger partial charge in [-0.3, -0.25) is 0 Å². The third kappa shape index (κ3) is 0.787. The van der Waals surface area contributed by atoms with E-state index in [1.807, 2.05) is 6.92 Å². The van der Waals surface area contributed by atoms with Crippen LogP contribution in [0.15, 0.2) is 12.1 Å². The Morgan fingerprint density at radius 3 is 2.38 bits per heavy atom. The molecule has 2 aliphatic rings. The predicted octanol–water partition coefficient (Wildman–Crippen LogP) is 3.19. The van der Waals surface area contributed by atoms with E-state index in [0.29, 0.717) is 23.0 Å². The minimum atomic E-state index is -0.226. The van der Waals surface area contributed by atoms with Crippen LogP contribution in [0.2, 0.25) is 0 Å². The molecule has 3 rings (SSSR count). The zero-order valence-corrected chi connectivity index (χ0v) is 7.35. The van der Waals surface area contributed by atoms with Crippen LogP contribution in [0.3, 0.4) is 0 Å². The number of rotatable bonds is 0. The fourth-order valence-electron chi connectivity index (χ4n) is 2.74. The second kappa shape index (κ2) is 2.11. The first kappa shape index (κ1) is 7.48. The number of hydrogen-bond donors (Lipinski definition) is 0. The maximum absolute atomic E-state index is 13.4. The maximum atomic E-state index is 13.4. The number of halogens is 2. The first-order valence-electron chi connectivity index (χ1n) is 4.68. The first-order valence-corrected chi connectivity index (χ1v) is 4.68. The van der Waals surface area contributed by atoms with Crippen molar-refractivity contribution in [1.82, 2.24) is 0 Å². The van der Waals surface area contributed by atoms with Gasteiger partial charge in [-0.25, -0.2) is 8.78 Å². The summed E-state index contributed by atoms with van der Waals surface area (Å²) < 4.78 is 26.7. The Hall–Kier alpha value is -0.920. The molecule has 0 aliphatic heterocycles. The molecule has 0 N–H and O–H groups in total. The molecular weight excluding hydrogens is 170 g/mol. The minimum absolute atomic E-state index is 0.215. The molecule has 0 bridgehead atoms. The van der Waals surface area contributed by atoms with E-state index >= 15 is 0 Å². The van der Waals surface area contributed by atoms with Crippen LogP contribution < -0.4 is 0 Å². The van der Waals surface area contributed by atoms with Gasteiger partial charge in [0.05, 0.1) is 0 Å². The highest BCUT2D eigenvalue weighted by atomic mass is 19.1. The van der Waals surface area contributed by atoms with Gasteiger partial charge in [-0.1, -0.05) is 6.92 Å². The van der Waals surface area contributed by atoms with Gasteiger partial charge < -0.3 is 0 Å². The summed E-state index contributed by atoms with van der Waals surface area (Å²) in [5, 5.41) is 0. The van der Waals surface area contributed by atoms with Crippen LogP contribution in [-0.2, 0) is 0 Å². The van der Waals surface area contributed by atoms with Crippen molar-refractivity contribution in [2.24, 2.45) is 5.92 Å². The number of benzene rings is 1. The van der Waals surface area contributed by atoms with Crippen molar-refractivity contribution >= 4 is 0 Å². The molecule has 68 valence electrons. The zero-order chi connectivity index (χ0) is 9.16. The van der Waals surface area contributed by atoms with Crippen molar-refractivity contribution in [3.63, 3.8) is 0 Å². The van der Waals surface area contributed by atoms with Gasteiger partial charge in [0.25, 0.3) is 0 Å². The van der Waals surface area contributed by atoms with Crippen LogP contribution in [-0.4, -0.2) is 0 Å². The van der Waals surface area contributed by atoms with Crippen LogP contribution in [0.5, 0.6) is 0 Å². The first-order chi connectivity index (χ1) is 6.20. The van der Waals surface area contributed by atoms with Crippen molar-refractivity contribution in [3.05, 3.63) is 34.9 Å². The van der Waals surface area contributed by atoms with Crippen LogP contribution in [0.4, 0.5) is 8.78 Å². The zero-order valence-electron chi connectivity index (χ0n) is 7.35. The predicted molar refractivity (Wildman–Crippen MR) is 45.6 cm³/mol. The van der Waals surface area contributed by atoms with Crippen molar-refractivity contribution < 1.29 is 8.78 Å². The average Bonchev–Trinajstić information content (AvgIpc) is 2.82. The molecule has 1 aromatic carbocycles. The summed E-state index contributed by atoms with van der Waals surface area (Å²) in [6.45, 7) is 2.00. The normalized spacial score (nSPS) is 34.2. The molecule has 0 spiro atoms. The number of fused-ring (bicyclic) bond motifs is 3. The van der Waals surface area contributed by atoms with E-state index in [1.54, 1.807) is 0 Å². The van der Waals surface area contributed by atoms with Gasteiger partial charge in [0.15, 0.2) is 0 Å². The Labute approximate surface area is 75.6 Å². The van der Waals surface area contributed by atoms with Crippen LogP contribution >= 0.6 is 0 Å². The van der Waals surface area contributed by atoms with Gasteiger partial charge in [-0.05, 0) is 47.4 Å². The smallest absolute Gasteiger partial charge is 0.127 e. The Morgan fingerprint density at radius 2 is 1.77 bits per heavy atom. The lowest BCUT2D eigenvalue weighted by Gasteiger charge is -2.10. The molecule has 1 fully saturated rings. The second-order valence-electron chi connectivity index (χ2n) is 4.15. The van der Waals surface area contributed by atoms with Crippen molar-refractivity contribution in [1.29, 1.82) is 0 Å². The molecule has 0 amide bonds. The topological polar surface area (TPSA) is 0 Å². The molecule has 1 aromatic rings. The van der Waals surface area contributed by atoms with E-state index in [9.17, 15) is 8.78 Å². The quantitative estimate of drug-likeness (QED) is 0.575. The maximum Gasteiger partial charge on any atom is 0.127 e. The summed E-state index contributed by atoms with van der Waals surface area (Å²) in [5.74, 6) is 0.613. The molecule has 0 radical (unpaired) electrons. The summed E-state index contributed by atoms with van der Waals surface area (Å²) >= 11 is 0. The van der Waals surface area contributed by atoms with Gasteiger partial charge in [0.1, 0.15) is 11.6 Å². The van der Waals surface area contributed by atoms with Gasteiger partial charge in [-0.2, -0.15) is 0 Å². The van der Waals surface area contributed by atoms with Crippen LogP contribution in [0.25, 0.3) is 0 Å². The lowest BCUT2D eigenvalue weighted by Crippen LogP contribution is -1.99. The molecule has 0 nitrogen and oxygen atoms in total. The van der Waals surface area contributed by atoms with Gasteiger partial charge in [0, 0.05) is 0 Å². The largest absolute Gasteiger partial charge is 0.207 e. The lowest BCUT2D eigenvalue weighted by atomic mass is 9.97. The summed E-state index contributed by atoms with van der Waals surface area (Å²) in [6.07, 6.45) is 1.05. The molecule has 3 atom stereocenters. The summed E-state index contributed by atoms with van der Waals surface area (Å²) in [7, 11) is 0. The highest BCUT2D eigenvalue weighted by molar-refractivity contribution is 5.46. The Bertz CT molecular complexity index is 363. The Balaban J connectivity index is 2.29. The van der Waals surface area contributed by atoms with Gasteiger partial charge in [0.2, 0.25) is 0 Å². The fraction of sp³-hybridized carbons (Fsp3) is 0.455. The fourth-order valence-corrected chi connectivity index (χ4v) is 2.74. The van der Waals surface area contributed by atoms with E-state index in [-0.39, 0.29) is 17.6 Å². The lowest BCUT2D eigenvalue weighted by molar-refractivity contribution is 0.563. The van der Waals surface area contributed by atoms with Crippen LogP contribution in [0.1, 0.15) is 36.3 Å². The SMILES string of the molecule is C[C@@H]1c2c(F)ccc(F)c2[C@@H]2CC12. The molecule has 2 heteroatoms. The molecule has 2 aliphatic carbocycles. The molecule has 0 saturated heterocycles. The van der Waals surface area contributed by atoms with Gasteiger partial charge in [-0.15, -0.1) is 0 Å². The third-order valence-electron chi connectivity index (χ3n) is 3.49. The van der Waals surface area contributed by atoms with Crippen molar-refractivity contribution in [3.8, 4) is 0 Å². The highest BCUT2D eigenvalue weighted by Crippen LogP contribution is 2.63. The Morgan fingerprint density at radius 1 is 1.15 bits per heavy atom. The Kier molecular flexibility index (Phi) is 1.22.